The summed E-state index contributed by atoms with van der Waals surface area (Å²) in [5.41, 5.74) is 0.422. The summed E-state index contributed by atoms with van der Waals surface area (Å²) in [5, 5.41) is 4.17. The summed E-state index contributed by atoms with van der Waals surface area (Å²) in [6.45, 7) is 7.10. The molecular weight excluding hydrogens is 290 g/mol. The summed E-state index contributed by atoms with van der Waals surface area (Å²) < 4.78 is 1.90. The third-order valence-corrected chi connectivity index (χ3v) is 5.57. The van der Waals surface area contributed by atoms with Crippen LogP contribution in [0.3, 0.4) is 0 Å². The fourth-order valence-corrected chi connectivity index (χ4v) is 3.63. The van der Waals surface area contributed by atoms with Crippen LogP contribution in [0.15, 0.2) is 6.33 Å². The molecule has 18 heavy (non-hydrogen) atoms. The number of alkyl halides is 1. The summed E-state index contributed by atoms with van der Waals surface area (Å²) in [6.07, 6.45) is 6.62. The van der Waals surface area contributed by atoms with Gasteiger partial charge in [-0.15, -0.1) is 0 Å². The molecule has 1 aliphatic rings. The van der Waals surface area contributed by atoms with Crippen LogP contribution in [0.25, 0.3) is 0 Å². The van der Waals surface area contributed by atoms with Crippen LogP contribution in [-0.4, -0.2) is 19.6 Å². The van der Waals surface area contributed by atoms with Gasteiger partial charge >= 0.3 is 0 Å². The average molecular weight is 314 g/mol. The Hall–Kier alpha value is -0.380. The van der Waals surface area contributed by atoms with Crippen molar-refractivity contribution in [1.82, 2.24) is 14.8 Å². The Morgan fingerprint density at radius 2 is 2.11 bits per heavy atom. The van der Waals surface area contributed by atoms with Crippen molar-refractivity contribution in [2.75, 3.05) is 0 Å². The molecule has 1 aromatic heterocycles. The van der Waals surface area contributed by atoms with Crippen molar-refractivity contribution in [2.45, 2.75) is 51.3 Å². The Bertz CT molecular complexity index is 394. The SMILES string of the molecule is Cn1ncnc1CC1CC(C(C)(C)C)CCC1Br. The van der Waals surface area contributed by atoms with Crippen LogP contribution < -0.4 is 0 Å². The van der Waals surface area contributed by atoms with Gasteiger partial charge in [0.05, 0.1) is 0 Å². The third kappa shape index (κ3) is 3.14. The Labute approximate surface area is 118 Å². The Morgan fingerprint density at radius 1 is 1.39 bits per heavy atom. The maximum absolute atomic E-state index is 4.36. The smallest absolute Gasteiger partial charge is 0.138 e. The highest BCUT2D eigenvalue weighted by Crippen LogP contribution is 2.43. The van der Waals surface area contributed by atoms with E-state index in [4.69, 9.17) is 0 Å². The maximum Gasteiger partial charge on any atom is 0.138 e. The Morgan fingerprint density at radius 3 is 2.67 bits per heavy atom. The van der Waals surface area contributed by atoms with Crippen LogP contribution in [0, 0.1) is 17.3 Å². The van der Waals surface area contributed by atoms with E-state index in [1.165, 1.54) is 19.3 Å². The molecule has 0 N–H and O–H groups in total. The van der Waals surface area contributed by atoms with E-state index >= 15 is 0 Å². The van der Waals surface area contributed by atoms with Crippen molar-refractivity contribution in [3.05, 3.63) is 12.2 Å². The van der Waals surface area contributed by atoms with E-state index in [2.05, 4.69) is 46.8 Å². The molecule has 1 aliphatic carbocycles. The van der Waals surface area contributed by atoms with Crippen molar-refractivity contribution in [3.8, 4) is 0 Å². The van der Waals surface area contributed by atoms with Gasteiger partial charge in [0.2, 0.25) is 0 Å². The molecule has 0 saturated heterocycles. The van der Waals surface area contributed by atoms with Gasteiger partial charge in [0, 0.05) is 18.3 Å². The number of hydrogen-bond acceptors (Lipinski definition) is 2. The van der Waals surface area contributed by atoms with Gasteiger partial charge in [-0.2, -0.15) is 5.10 Å². The highest BCUT2D eigenvalue weighted by Gasteiger charge is 2.35. The van der Waals surface area contributed by atoms with Crippen LogP contribution >= 0.6 is 15.9 Å². The lowest BCUT2D eigenvalue weighted by Gasteiger charge is -2.40. The van der Waals surface area contributed by atoms with Gasteiger partial charge in [0.25, 0.3) is 0 Å². The third-order valence-electron chi connectivity index (χ3n) is 4.36. The summed E-state index contributed by atoms with van der Waals surface area (Å²) >= 11 is 3.86. The molecule has 1 aromatic rings. The van der Waals surface area contributed by atoms with Crippen molar-refractivity contribution >= 4 is 15.9 Å². The van der Waals surface area contributed by atoms with E-state index in [0.717, 1.165) is 18.2 Å². The second-order valence-corrected chi connectivity index (χ2v) is 7.83. The highest BCUT2D eigenvalue weighted by atomic mass is 79.9. The number of aryl methyl sites for hydroxylation is 1. The average Bonchev–Trinajstić information content (AvgIpc) is 2.66. The van der Waals surface area contributed by atoms with Gasteiger partial charge < -0.3 is 0 Å². The summed E-state index contributed by atoms with van der Waals surface area (Å²) in [6, 6.07) is 0. The molecule has 3 unspecified atom stereocenters. The molecule has 0 spiro atoms. The van der Waals surface area contributed by atoms with E-state index in [-0.39, 0.29) is 0 Å². The van der Waals surface area contributed by atoms with E-state index in [0.29, 0.717) is 16.2 Å². The summed E-state index contributed by atoms with van der Waals surface area (Å²) in [7, 11) is 1.98. The lowest BCUT2D eigenvalue weighted by atomic mass is 9.68. The van der Waals surface area contributed by atoms with Crippen molar-refractivity contribution in [3.63, 3.8) is 0 Å². The minimum Gasteiger partial charge on any atom is -0.253 e. The van der Waals surface area contributed by atoms with Gasteiger partial charge in [-0.25, -0.2) is 4.98 Å². The largest absolute Gasteiger partial charge is 0.253 e. The second-order valence-electron chi connectivity index (χ2n) is 6.66. The Kier molecular flexibility index (Phi) is 4.15. The number of nitrogens with zero attached hydrogens (tertiary/aromatic N) is 3. The van der Waals surface area contributed by atoms with Gasteiger partial charge in [-0.05, 0) is 36.5 Å². The first-order valence-corrected chi connectivity index (χ1v) is 7.76. The van der Waals surface area contributed by atoms with Crippen LogP contribution in [0.1, 0.15) is 45.9 Å². The zero-order valence-corrected chi connectivity index (χ0v) is 13.4. The van der Waals surface area contributed by atoms with Gasteiger partial charge in [0.15, 0.2) is 0 Å². The monoisotopic (exact) mass is 313 g/mol. The molecule has 0 aliphatic heterocycles. The summed E-state index contributed by atoms with van der Waals surface area (Å²) in [4.78, 5) is 4.99. The predicted octanol–water partition coefficient (Wildman–Crippen LogP) is 3.58. The van der Waals surface area contributed by atoms with Crippen LogP contribution in [-0.2, 0) is 13.5 Å². The molecule has 2 rings (SSSR count). The zero-order valence-electron chi connectivity index (χ0n) is 11.9. The molecule has 1 fully saturated rings. The lowest BCUT2D eigenvalue weighted by molar-refractivity contribution is 0.145. The molecule has 102 valence electrons. The quantitative estimate of drug-likeness (QED) is 0.781. The van der Waals surface area contributed by atoms with Gasteiger partial charge in [0.1, 0.15) is 12.2 Å². The second kappa shape index (κ2) is 5.32. The molecule has 0 radical (unpaired) electrons. The van der Waals surface area contributed by atoms with Gasteiger partial charge in [-0.1, -0.05) is 36.7 Å². The molecule has 0 bridgehead atoms. The number of rotatable bonds is 2. The van der Waals surface area contributed by atoms with E-state index < -0.39 is 0 Å². The highest BCUT2D eigenvalue weighted by molar-refractivity contribution is 9.09. The zero-order chi connectivity index (χ0) is 13.3. The standard InChI is InChI=1S/C14H24BrN3/c1-14(2,3)11-5-6-12(15)10(7-11)8-13-16-9-17-18(13)4/h9-12H,5-8H2,1-4H3. The molecule has 1 heterocycles. The first-order valence-electron chi connectivity index (χ1n) is 6.85. The van der Waals surface area contributed by atoms with Crippen LogP contribution in [0.4, 0.5) is 0 Å². The van der Waals surface area contributed by atoms with E-state index in [1.54, 1.807) is 6.33 Å². The molecule has 0 amide bonds. The minimum absolute atomic E-state index is 0.422. The first kappa shape index (κ1) is 14.0. The van der Waals surface area contributed by atoms with Crippen LogP contribution in [0.2, 0.25) is 0 Å². The first-order chi connectivity index (χ1) is 8.38. The number of halogens is 1. The van der Waals surface area contributed by atoms with E-state index in [1.807, 2.05) is 11.7 Å². The molecule has 3 atom stereocenters. The molecular formula is C14H24BrN3. The van der Waals surface area contributed by atoms with Gasteiger partial charge in [-0.3, -0.25) is 4.68 Å². The normalized spacial score (nSPS) is 29.5. The fraction of sp³-hybridized carbons (Fsp3) is 0.857. The maximum atomic E-state index is 4.36. The van der Waals surface area contributed by atoms with Crippen molar-refractivity contribution in [1.29, 1.82) is 0 Å². The van der Waals surface area contributed by atoms with Crippen molar-refractivity contribution < 1.29 is 0 Å². The summed E-state index contributed by atoms with van der Waals surface area (Å²) in [5.74, 6) is 2.62. The minimum atomic E-state index is 0.422. The predicted molar refractivity (Wildman–Crippen MR) is 77.7 cm³/mol. The topological polar surface area (TPSA) is 30.7 Å². The van der Waals surface area contributed by atoms with Crippen LogP contribution in [0.5, 0.6) is 0 Å². The molecule has 0 aromatic carbocycles. The van der Waals surface area contributed by atoms with Crippen molar-refractivity contribution in [2.24, 2.45) is 24.3 Å². The Balaban J connectivity index is 2.04. The molecule has 4 heteroatoms. The van der Waals surface area contributed by atoms with E-state index in [9.17, 15) is 0 Å². The number of aromatic nitrogens is 3. The fourth-order valence-electron chi connectivity index (χ4n) is 2.96. The molecule has 3 nitrogen and oxygen atoms in total. The molecule has 1 saturated carbocycles. The number of hydrogen-bond donors (Lipinski definition) is 0. The lowest BCUT2D eigenvalue weighted by Crippen LogP contribution is -2.33.